The zero-order valence-electron chi connectivity index (χ0n) is 11.9. The molecule has 2 rings (SSSR count). The molecule has 106 valence electrons. The van der Waals surface area contributed by atoms with Crippen LogP contribution in [0.1, 0.15) is 51.0 Å². The molecule has 0 bridgehead atoms. The predicted octanol–water partition coefficient (Wildman–Crippen LogP) is 3.65. The zero-order chi connectivity index (χ0) is 13.9. The van der Waals surface area contributed by atoms with Gasteiger partial charge < -0.3 is 10.1 Å². The number of hydrogen-bond acceptors (Lipinski definition) is 4. The summed E-state index contributed by atoms with van der Waals surface area (Å²) in [5.41, 5.74) is 0.769. The summed E-state index contributed by atoms with van der Waals surface area (Å²) in [6.45, 7) is 4.85. The summed E-state index contributed by atoms with van der Waals surface area (Å²) in [6.07, 6.45) is 5.31. The third kappa shape index (κ3) is 2.77. The molecule has 0 radical (unpaired) electrons. The number of ether oxygens (including phenoxy) is 1. The van der Waals surface area contributed by atoms with Gasteiger partial charge in [-0.05, 0) is 55.0 Å². The highest BCUT2D eigenvalue weighted by Gasteiger charge is 2.39. The van der Waals surface area contributed by atoms with Crippen LogP contribution in [0.3, 0.4) is 0 Å². The van der Waals surface area contributed by atoms with E-state index in [2.05, 4.69) is 33.2 Å². The molecule has 5 heteroatoms. The monoisotopic (exact) mass is 327 g/mol. The van der Waals surface area contributed by atoms with Crippen molar-refractivity contribution in [3.05, 3.63) is 16.0 Å². The van der Waals surface area contributed by atoms with Gasteiger partial charge in [-0.1, -0.05) is 6.92 Å². The lowest BCUT2D eigenvalue weighted by Gasteiger charge is -2.28. The van der Waals surface area contributed by atoms with E-state index in [0.717, 1.165) is 41.1 Å². The number of nitrogens with zero attached hydrogens (tertiary/aromatic N) is 2. The van der Waals surface area contributed by atoms with E-state index >= 15 is 0 Å². The quantitative estimate of drug-likeness (QED) is 0.896. The predicted molar refractivity (Wildman–Crippen MR) is 80.4 cm³/mol. The minimum absolute atomic E-state index is 0.273. The molecule has 0 saturated heterocycles. The van der Waals surface area contributed by atoms with E-state index in [1.165, 1.54) is 12.8 Å². The highest BCUT2D eigenvalue weighted by molar-refractivity contribution is 9.10. The van der Waals surface area contributed by atoms with E-state index in [-0.39, 0.29) is 5.60 Å². The Bertz CT molecular complexity index is 419. The Morgan fingerprint density at radius 1 is 1.26 bits per heavy atom. The first-order chi connectivity index (χ1) is 9.16. The van der Waals surface area contributed by atoms with Crippen molar-refractivity contribution in [1.82, 2.24) is 9.97 Å². The van der Waals surface area contributed by atoms with Gasteiger partial charge in [-0.3, -0.25) is 0 Å². The molecular weight excluding hydrogens is 306 g/mol. The van der Waals surface area contributed by atoms with Crippen molar-refractivity contribution in [2.75, 3.05) is 19.0 Å². The molecule has 1 aliphatic rings. The Labute approximate surface area is 123 Å². The molecular formula is C14H22BrN3O. The minimum atomic E-state index is -0.273. The van der Waals surface area contributed by atoms with Crippen molar-refractivity contribution >= 4 is 21.7 Å². The number of nitrogens with one attached hydrogen (secondary N) is 1. The largest absolute Gasteiger partial charge is 0.372 e. The lowest BCUT2D eigenvalue weighted by atomic mass is 10.0. The fourth-order valence-electron chi connectivity index (χ4n) is 2.75. The topological polar surface area (TPSA) is 47.0 Å². The van der Waals surface area contributed by atoms with Crippen molar-refractivity contribution in [2.24, 2.45) is 0 Å². The molecule has 19 heavy (non-hydrogen) atoms. The van der Waals surface area contributed by atoms with E-state index in [0.29, 0.717) is 6.61 Å². The molecule has 0 aliphatic heterocycles. The van der Waals surface area contributed by atoms with Crippen LogP contribution in [0.4, 0.5) is 5.82 Å². The van der Waals surface area contributed by atoms with Gasteiger partial charge in [-0.15, -0.1) is 0 Å². The van der Waals surface area contributed by atoms with Gasteiger partial charge in [0.25, 0.3) is 0 Å². The number of hydrogen-bond donors (Lipinski definition) is 1. The van der Waals surface area contributed by atoms with Crippen molar-refractivity contribution in [2.45, 2.75) is 51.6 Å². The van der Waals surface area contributed by atoms with Gasteiger partial charge in [0, 0.05) is 13.7 Å². The van der Waals surface area contributed by atoms with Crippen molar-refractivity contribution in [3.63, 3.8) is 0 Å². The van der Waals surface area contributed by atoms with E-state index in [4.69, 9.17) is 9.72 Å². The highest BCUT2D eigenvalue weighted by atomic mass is 79.9. The number of halogens is 1. The molecule has 1 heterocycles. The maximum atomic E-state index is 6.05. The first kappa shape index (κ1) is 14.7. The molecule has 0 amide bonds. The maximum absolute atomic E-state index is 6.05. The molecule has 1 saturated carbocycles. The molecule has 1 aliphatic carbocycles. The number of aromatic nitrogens is 2. The summed E-state index contributed by atoms with van der Waals surface area (Å²) in [5, 5.41) is 3.14. The number of anilines is 1. The summed E-state index contributed by atoms with van der Waals surface area (Å²) in [7, 11) is 1.89. The maximum Gasteiger partial charge on any atom is 0.162 e. The third-order valence-corrected chi connectivity index (χ3v) is 4.56. The Hall–Kier alpha value is -0.680. The lowest BCUT2D eigenvalue weighted by Crippen LogP contribution is -2.29. The molecule has 0 unspecified atom stereocenters. The van der Waals surface area contributed by atoms with Crippen molar-refractivity contribution < 1.29 is 4.74 Å². The van der Waals surface area contributed by atoms with Crippen LogP contribution in [0.15, 0.2) is 4.47 Å². The van der Waals surface area contributed by atoms with Crippen LogP contribution in [0.5, 0.6) is 0 Å². The van der Waals surface area contributed by atoms with Crippen LogP contribution in [0.25, 0.3) is 0 Å². The standard InChI is InChI=1S/C14H22BrN3O/c1-4-10-11(15)12(16-3)18-13(17-10)14(19-5-2)8-6-7-9-14/h4-9H2,1-3H3,(H,16,17,18). The van der Waals surface area contributed by atoms with Gasteiger partial charge in [-0.25, -0.2) is 9.97 Å². The second-order valence-electron chi connectivity index (χ2n) is 4.89. The van der Waals surface area contributed by atoms with E-state index in [1.54, 1.807) is 0 Å². The molecule has 1 fully saturated rings. The van der Waals surface area contributed by atoms with Crippen LogP contribution in [0, 0.1) is 0 Å². The van der Waals surface area contributed by atoms with Crippen molar-refractivity contribution in [3.8, 4) is 0 Å². The molecule has 0 spiro atoms. The van der Waals surface area contributed by atoms with Crippen LogP contribution >= 0.6 is 15.9 Å². The summed E-state index contributed by atoms with van der Waals surface area (Å²) in [5.74, 6) is 1.70. The van der Waals surface area contributed by atoms with E-state index in [9.17, 15) is 0 Å². The fourth-order valence-corrected chi connectivity index (χ4v) is 3.41. The van der Waals surface area contributed by atoms with Crippen LogP contribution in [0.2, 0.25) is 0 Å². The van der Waals surface area contributed by atoms with Crippen LogP contribution in [-0.4, -0.2) is 23.6 Å². The Morgan fingerprint density at radius 3 is 2.47 bits per heavy atom. The summed E-state index contributed by atoms with van der Waals surface area (Å²) in [4.78, 5) is 9.43. The van der Waals surface area contributed by atoms with Crippen LogP contribution in [-0.2, 0) is 16.8 Å². The second kappa shape index (κ2) is 6.18. The highest BCUT2D eigenvalue weighted by Crippen LogP contribution is 2.41. The van der Waals surface area contributed by atoms with Crippen molar-refractivity contribution in [1.29, 1.82) is 0 Å². The van der Waals surface area contributed by atoms with Gasteiger partial charge in [0.05, 0.1) is 10.2 Å². The van der Waals surface area contributed by atoms with E-state index < -0.39 is 0 Å². The van der Waals surface area contributed by atoms with Gasteiger partial charge >= 0.3 is 0 Å². The SMILES string of the molecule is CCOC1(c2nc(CC)c(Br)c(NC)n2)CCCC1. The first-order valence-corrected chi connectivity index (χ1v) is 7.84. The third-order valence-electron chi connectivity index (χ3n) is 3.73. The molecule has 0 atom stereocenters. The molecule has 4 nitrogen and oxygen atoms in total. The summed E-state index contributed by atoms with van der Waals surface area (Å²) in [6, 6.07) is 0. The second-order valence-corrected chi connectivity index (χ2v) is 5.69. The average molecular weight is 328 g/mol. The Morgan fingerprint density at radius 2 is 1.95 bits per heavy atom. The van der Waals surface area contributed by atoms with Gasteiger partial charge in [0.2, 0.25) is 0 Å². The smallest absolute Gasteiger partial charge is 0.162 e. The van der Waals surface area contributed by atoms with Crippen LogP contribution < -0.4 is 5.32 Å². The zero-order valence-corrected chi connectivity index (χ0v) is 13.5. The Kier molecular flexibility index (Phi) is 4.79. The lowest BCUT2D eigenvalue weighted by molar-refractivity contribution is -0.0457. The molecule has 1 N–H and O–H groups in total. The van der Waals surface area contributed by atoms with Gasteiger partial charge in [0.15, 0.2) is 5.82 Å². The molecule has 0 aromatic carbocycles. The Balaban J connectivity index is 2.48. The average Bonchev–Trinajstić information content (AvgIpc) is 2.89. The summed E-state index contributed by atoms with van der Waals surface area (Å²) < 4.78 is 7.01. The normalized spacial score (nSPS) is 17.7. The molecule has 1 aromatic heterocycles. The van der Waals surface area contributed by atoms with Gasteiger partial charge in [-0.2, -0.15) is 0 Å². The number of rotatable bonds is 5. The van der Waals surface area contributed by atoms with E-state index in [1.807, 2.05) is 14.0 Å². The molecule has 1 aromatic rings. The minimum Gasteiger partial charge on any atom is -0.372 e. The van der Waals surface area contributed by atoms with Gasteiger partial charge in [0.1, 0.15) is 11.4 Å². The first-order valence-electron chi connectivity index (χ1n) is 7.05. The fraction of sp³-hybridized carbons (Fsp3) is 0.714. The summed E-state index contributed by atoms with van der Waals surface area (Å²) >= 11 is 3.57. The number of aryl methyl sites for hydroxylation is 1.